The number of nitriles is 1. The van der Waals surface area contributed by atoms with Crippen LogP contribution >= 0.6 is 0 Å². The minimum Gasteiger partial charge on any atom is -0.494 e. The molecule has 0 radical (unpaired) electrons. The van der Waals surface area contributed by atoms with Gasteiger partial charge >= 0.3 is 0 Å². The molecule has 0 aliphatic heterocycles. The Balaban J connectivity index is 1.90. The van der Waals surface area contributed by atoms with Crippen molar-refractivity contribution in [3.63, 3.8) is 0 Å². The van der Waals surface area contributed by atoms with Gasteiger partial charge < -0.3 is 10.5 Å². The number of aryl methyl sites for hydroxylation is 1. The third-order valence-electron chi connectivity index (χ3n) is 4.68. The summed E-state index contributed by atoms with van der Waals surface area (Å²) in [6.07, 6.45) is 3.76. The Bertz CT molecular complexity index is 533. The highest BCUT2D eigenvalue weighted by atomic mass is 16.5. The fourth-order valence-corrected chi connectivity index (χ4v) is 3.36. The lowest BCUT2D eigenvalue weighted by Gasteiger charge is -2.23. The zero-order valence-corrected chi connectivity index (χ0v) is 13.4. The lowest BCUT2D eigenvalue weighted by molar-refractivity contribution is 0.254. The van der Waals surface area contributed by atoms with Crippen molar-refractivity contribution in [3.05, 3.63) is 29.3 Å². The highest BCUT2D eigenvalue weighted by Gasteiger charge is 2.39. The van der Waals surface area contributed by atoms with E-state index < -0.39 is 5.54 Å². The predicted molar refractivity (Wildman–Crippen MR) is 85.3 cm³/mol. The van der Waals surface area contributed by atoms with Crippen molar-refractivity contribution in [2.75, 3.05) is 6.61 Å². The summed E-state index contributed by atoms with van der Waals surface area (Å²) in [5.41, 5.74) is 8.14. The normalized spacial score (nSPS) is 25.0. The molecular formula is C18H26N2O. The van der Waals surface area contributed by atoms with Crippen molar-refractivity contribution < 1.29 is 4.74 Å². The first-order valence-electron chi connectivity index (χ1n) is 7.90. The molecule has 1 aromatic carbocycles. The molecule has 0 amide bonds. The van der Waals surface area contributed by atoms with Gasteiger partial charge in [0.2, 0.25) is 0 Å². The molecule has 0 spiro atoms. The van der Waals surface area contributed by atoms with E-state index in [1.165, 1.54) is 11.1 Å². The fraction of sp³-hybridized carbons (Fsp3) is 0.611. The first-order chi connectivity index (χ1) is 9.96. The van der Waals surface area contributed by atoms with Gasteiger partial charge in [0.1, 0.15) is 11.3 Å². The van der Waals surface area contributed by atoms with Crippen molar-refractivity contribution >= 4 is 0 Å². The molecule has 2 N–H and O–H groups in total. The second-order valence-electron chi connectivity index (χ2n) is 6.55. The molecule has 3 heteroatoms. The van der Waals surface area contributed by atoms with E-state index in [0.29, 0.717) is 12.5 Å². The predicted octanol–water partition coefficient (Wildman–Crippen LogP) is 3.91. The molecule has 3 nitrogen and oxygen atoms in total. The van der Waals surface area contributed by atoms with Gasteiger partial charge in [-0.15, -0.1) is 0 Å². The summed E-state index contributed by atoms with van der Waals surface area (Å²) in [6, 6.07) is 8.58. The molecular weight excluding hydrogens is 260 g/mol. The van der Waals surface area contributed by atoms with Gasteiger partial charge in [0, 0.05) is 0 Å². The second-order valence-corrected chi connectivity index (χ2v) is 6.55. The lowest BCUT2D eigenvalue weighted by atomic mass is 9.87. The first kappa shape index (κ1) is 15.9. The molecule has 0 heterocycles. The number of nitrogens with zero attached hydrogens (tertiary/aromatic N) is 1. The Morgan fingerprint density at radius 2 is 2.24 bits per heavy atom. The van der Waals surface area contributed by atoms with Gasteiger partial charge in [-0.1, -0.05) is 26.3 Å². The second kappa shape index (κ2) is 6.49. The van der Waals surface area contributed by atoms with Gasteiger partial charge in [0.25, 0.3) is 0 Å². The molecule has 1 aliphatic rings. The van der Waals surface area contributed by atoms with Gasteiger partial charge in [0.15, 0.2) is 0 Å². The average Bonchev–Trinajstić information content (AvgIpc) is 2.81. The monoisotopic (exact) mass is 286 g/mol. The van der Waals surface area contributed by atoms with E-state index in [1.54, 1.807) is 0 Å². The van der Waals surface area contributed by atoms with Crippen molar-refractivity contribution in [1.82, 2.24) is 0 Å². The summed E-state index contributed by atoms with van der Waals surface area (Å²) in [5.74, 6) is 1.71. The van der Waals surface area contributed by atoms with Crippen molar-refractivity contribution in [1.29, 1.82) is 5.26 Å². The van der Waals surface area contributed by atoms with Crippen LogP contribution in [0, 0.1) is 24.2 Å². The molecule has 1 fully saturated rings. The maximum Gasteiger partial charge on any atom is 0.119 e. The van der Waals surface area contributed by atoms with E-state index in [1.807, 2.05) is 6.07 Å². The number of hydrogen-bond donors (Lipinski definition) is 1. The van der Waals surface area contributed by atoms with Crippen LogP contribution in [0.4, 0.5) is 0 Å². The van der Waals surface area contributed by atoms with Crippen LogP contribution in [0.2, 0.25) is 0 Å². The zero-order chi connectivity index (χ0) is 15.5. The SMILES string of the molecule is Cc1cc(OCCC2CCCC2(N)C#N)ccc1C(C)C. The number of nitrogens with two attached hydrogens (primary N) is 1. The van der Waals surface area contributed by atoms with Crippen LogP contribution < -0.4 is 10.5 Å². The minimum absolute atomic E-state index is 0.263. The fourth-order valence-electron chi connectivity index (χ4n) is 3.36. The molecule has 0 bridgehead atoms. The van der Waals surface area contributed by atoms with E-state index >= 15 is 0 Å². The molecule has 114 valence electrons. The molecule has 0 saturated heterocycles. The lowest BCUT2D eigenvalue weighted by Crippen LogP contribution is -2.42. The Labute approximate surface area is 128 Å². The molecule has 2 unspecified atom stereocenters. The molecule has 21 heavy (non-hydrogen) atoms. The van der Waals surface area contributed by atoms with Gasteiger partial charge in [-0.2, -0.15) is 5.26 Å². The van der Waals surface area contributed by atoms with Crippen LogP contribution in [0.1, 0.15) is 56.6 Å². The average molecular weight is 286 g/mol. The quantitative estimate of drug-likeness (QED) is 0.892. The number of hydrogen-bond acceptors (Lipinski definition) is 3. The van der Waals surface area contributed by atoms with Crippen LogP contribution in [-0.2, 0) is 0 Å². The Morgan fingerprint density at radius 1 is 1.48 bits per heavy atom. The number of rotatable bonds is 5. The van der Waals surface area contributed by atoms with Crippen LogP contribution in [-0.4, -0.2) is 12.1 Å². The van der Waals surface area contributed by atoms with Gasteiger partial charge in [0.05, 0.1) is 12.7 Å². The number of benzene rings is 1. The van der Waals surface area contributed by atoms with E-state index in [-0.39, 0.29) is 5.92 Å². The van der Waals surface area contributed by atoms with E-state index in [4.69, 9.17) is 10.5 Å². The Morgan fingerprint density at radius 3 is 2.86 bits per heavy atom. The molecule has 1 aromatic rings. The molecule has 0 aromatic heterocycles. The maximum atomic E-state index is 9.22. The van der Waals surface area contributed by atoms with Crippen LogP contribution in [0.5, 0.6) is 5.75 Å². The Hall–Kier alpha value is -1.53. The summed E-state index contributed by atoms with van der Waals surface area (Å²) in [4.78, 5) is 0. The summed E-state index contributed by atoms with van der Waals surface area (Å²) in [5, 5.41) is 9.22. The summed E-state index contributed by atoms with van der Waals surface area (Å²) in [7, 11) is 0. The summed E-state index contributed by atoms with van der Waals surface area (Å²) in [6.45, 7) is 7.16. The van der Waals surface area contributed by atoms with Crippen LogP contribution in [0.15, 0.2) is 18.2 Å². The van der Waals surface area contributed by atoms with Gasteiger partial charge in [-0.05, 0) is 61.3 Å². The third-order valence-corrected chi connectivity index (χ3v) is 4.68. The largest absolute Gasteiger partial charge is 0.494 e. The van der Waals surface area contributed by atoms with Gasteiger partial charge in [-0.25, -0.2) is 0 Å². The van der Waals surface area contributed by atoms with E-state index in [2.05, 4.69) is 39.0 Å². The van der Waals surface area contributed by atoms with E-state index in [9.17, 15) is 5.26 Å². The topological polar surface area (TPSA) is 59.0 Å². The highest BCUT2D eigenvalue weighted by molar-refractivity contribution is 5.36. The van der Waals surface area contributed by atoms with Crippen molar-refractivity contribution in [3.8, 4) is 11.8 Å². The zero-order valence-electron chi connectivity index (χ0n) is 13.4. The van der Waals surface area contributed by atoms with Gasteiger partial charge in [-0.3, -0.25) is 0 Å². The molecule has 1 saturated carbocycles. The van der Waals surface area contributed by atoms with Crippen LogP contribution in [0.3, 0.4) is 0 Å². The van der Waals surface area contributed by atoms with Crippen molar-refractivity contribution in [2.45, 2.75) is 57.9 Å². The standard InChI is InChI=1S/C18H26N2O/c1-13(2)17-7-6-16(11-14(17)3)21-10-8-15-5-4-9-18(15,20)12-19/h6-7,11,13,15H,4-5,8-10,20H2,1-3H3. The third kappa shape index (κ3) is 3.57. The molecule has 2 rings (SSSR count). The smallest absolute Gasteiger partial charge is 0.119 e. The summed E-state index contributed by atoms with van der Waals surface area (Å²) < 4.78 is 5.86. The minimum atomic E-state index is -0.638. The van der Waals surface area contributed by atoms with E-state index in [0.717, 1.165) is 31.4 Å². The maximum absolute atomic E-state index is 9.22. The van der Waals surface area contributed by atoms with Crippen LogP contribution in [0.25, 0.3) is 0 Å². The number of ether oxygens (including phenoxy) is 1. The van der Waals surface area contributed by atoms with Crippen molar-refractivity contribution in [2.24, 2.45) is 11.7 Å². The molecule has 1 aliphatic carbocycles. The highest BCUT2D eigenvalue weighted by Crippen LogP contribution is 2.35. The molecule has 2 atom stereocenters. The Kier molecular flexibility index (Phi) is 4.90. The summed E-state index contributed by atoms with van der Waals surface area (Å²) >= 11 is 0. The first-order valence-corrected chi connectivity index (χ1v) is 7.90.